The van der Waals surface area contributed by atoms with Crippen molar-refractivity contribution < 1.29 is 18.8 Å². The highest BCUT2D eigenvalue weighted by atomic mass is 16.5. The summed E-state index contributed by atoms with van der Waals surface area (Å²) in [6.45, 7) is 4.21. The van der Waals surface area contributed by atoms with Crippen molar-refractivity contribution in [2.24, 2.45) is 0 Å². The molecular formula is C21H21N3O4. The highest BCUT2D eigenvalue weighted by Crippen LogP contribution is 2.24. The van der Waals surface area contributed by atoms with E-state index < -0.39 is 0 Å². The van der Waals surface area contributed by atoms with Gasteiger partial charge in [-0.15, -0.1) is 6.58 Å². The number of benzene rings is 2. The van der Waals surface area contributed by atoms with Gasteiger partial charge in [0.15, 0.2) is 0 Å². The fraction of sp³-hybridized carbons (Fsp3) is 0.190. The molecule has 144 valence electrons. The molecule has 0 N–H and O–H groups in total. The second-order valence-electron chi connectivity index (χ2n) is 5.95. The van der Waals surface area contributed by atoms with Gasteiger partial charge in [-0.1, -0.05) is 41.6 Å². The number of aromatic nitrogens is 2. The molecule has 0 radical (unpaired) electrons. The van der Waals surface area contributed by atoms with Crippen LogP contribution in [0.1, 0.15) is 16.2 Å². The molecule has 7 heteroatoms. The molecule has 0 aliphatic heterocycles. The Morgan fingerprint density at radius 2 is 1.82 bits per heavy atom. The van der Waals surface area contributed by atoms with Crippen molar-refractivity contribution in [3.8, 4) is 22.9 Å². The lowest BCUT2D eigenvalue weighted by atomic mass is 10.1. The lowest BCUT2D eigenvalue weighted by Crippen LogP contribution is -2.30. The first-order valence-electron chi connectivity index (χ1n) is 8.66. The minimum atomic E-state index is -0.225. The van der Waals surface area contributed by atoms with Crippen LogP contribution < -0.4 is 9.47 Å². The van der Waals surface area contributed by atoms with E-state index in [-0.39, 0.29) is 12.5 Å². The Hall–Kier alpha value is -3.61. The lowest BCUT2D eigenvalue weighted by molar-refractivity contribution is 0.0744. The average molecular weight is 379 g/mol. The number of methoxy groups -OCH3 is 2. The Morgan fingerprint density at radius 1 is 1.14 bits per heavy atom. The van der Waals surface area contributed by atoms with Gasteiger partial charge in [-0.25, -0.2) is 0 Å². The van der Waals surface area contributed by atoms with Gasteiger partial charge in [0.25, 0.3) is 5.91 Å². The summed E-state index contributed by atoms with van der Waals surface area (Å²) >= 11 is 0. The van der Waals surface area contributed by atoms with Crippen LogP contribution in [0.15, 0.2) is 65.7 Å². The summed E-state index contributed by atoms with van der Waals surface area (Å²) in [5.41, 5.74) is 1.28. The predicted molar refractivity (Wildman–Crippen MR) is 104 cm³/mol. The van der Waals surface area contributed by atoms with Crippen LogP contribution in [0.5, 0.6) is 11.5 Å². The first-order chi connectivity index (χ1) is 13.6. The van der Waals surface area contributed by atoms with Gasteiger partial charge < -0.3 is 18.9 Å². The van der Waals surface area contributed by atoms with E-state index in [1.165, 1.54) is 14.2 Å². The van der Waals surface area contributed by atoms with Crippen LogP contribution in [0.2, 0.25) is 0 Å². The summed E-state index contributed by atoms with van der Waals surface area (Å²) in [7, 11) is 3.07. The molecule has 1 amide bonds. The number of nitrogens with zero attached hydrogens (tertiary/aromatic N) is 3. The predicted octanol–water partition coefficient (Wildman–Crippen LogP) is 3.58. The average Bonchev–Trinajstić information content (AvgIpc) is 3.21. The summed E-state index contributed by atoms with van der Waals surface area (Å²) in [6, 6.07) is 14.5. The van der Waals surface area contributed by atoms with Crippen LogP contribution in [0.25, 0.3) is 11.4 Å². The summed E-state index contributed by atoms with van der Waals surface area (Å²) in [4.78, 5) is 19.0. The molecule has 0 saturated carbocycles. The van der Waals surface area contributed by atoms with Crippen molar-refractivity contribution >= 4 is 5.91 Å². The van der Waals surface area contributed by atoms with Gasteiger partial charge in [0, 0.05) is 23.7 Å². The number of hydrogen-bond acceptors (Lipinski definition) is 6. The molecule has 0 aliphatic rings. The van der Waals surface area contributed by atoms with Gasteiger partial charge in [-0.2, -0.15) is 4.98 Å². The number of hydrogen-bond donors (Lipinski definition) is 0. The zero-order valence-corrected chi connectivity index (χ0v) is 15.8. The van der Waals surface area contributed by atoms with Crippen LogP contribution in [0, 0.1) is 0 Å². The highest BCUT2D eigenvalue weighted by Gasteiger charge is 2.20. The normalized spacial score (nSPS) is 10.4. The summed E-state index contributed by atoms with van der Waals surface area (Å²) in [6.07, 6.45) is 1.64. The maximum Gasteiger partial charge on any atom is 0.254 e. The van der Waals surface area contributed by atoms with Gasteiger partial charge in [-0.05, 0) is 12.1 Å². The SMILES string of the molecule is C=CCN(Cc1nc(-c2ccccc2)no1)C(=O)c1cc(OC)cc(OC)c1. The third-order valence-corrected chi connectivity index (χ3v) is 4.06. The minimum absolute atomic E-state index is 0.157. The molecule has 3 aromatic rings. The molecule has 3 rings (SSSR count). The van der Waals surface area contributed by atoms with Crippen molar-refractivity contribution in [2.75, 3.05) is 20.8 Å². The first kappa shape index (κ1) is 19.2. The number of amides is 1. The van der Waals surface area contributed by atoms with Crippen molar-refractivity contribution in [3.63, 3.8) is 0 Å². The fourth-order valence-corrected chi connectivity index (χ4v) is 2.68. The Balaban J connectivity index is 1.83. The third kappa shape index (κ3) is 4.37. The summed E-state index contributed by atoms with van der Waals surface area (Å²) in [5, 5.41) is 4.00. The highest BCUT2D eigenvalue weighted by molar-refractivity contribution is 5.95. The van der Waals surface area contributed by atoms with E-state index in [4.69, 9.17) is 14.0 Å². The lowest BCUT2D eigenvalue weighted by Gasteiger charge is -2.20. The van der Waals surface area contributed by atoms with Crippen LogP contribution in [0.4, 0.5) is 0 Å². The Bertz CT molecular complexity index is 931. The monoisotopic (exact) mass is 379 g/mol. The molecule has 28 heavy (non-hydrogen) atoms. The quantitative estimate of drug-likeness (QED) is 0.557. The zero-order valence-electron chi connectivity index (χ0n) is 15.8. The molecule has 1 aromatic heterocycles. The Morgan fingerprint density at radius 3 is 2.43 bits per heavy atom. The zero-order chi connectivity index (χ0) is 19.9. The number of carbonyl (C=O) groups excluding carboxylic acids is 1. The smallest absolute Gasteiger partial charge is 0.254 e. The molecular weight excluding hydrogens is 358 g/mol. The number of carbonyl (C=O) groups is 1. The molecule has 0 aliphatic carbocycles. The van der Waals surface area contributed by atoms with Crippen molar-refractivity contribution in [3.05, 3.63) is 72.6 Å². The molecule has 0 saturated heterocycles. The largest absolute Gasteiger partial charge is 0.497 e. The van der Waals surface area contributed by atoms with Crippen molar-refractivity contribution in [1.82, 2.24) is 15.0 Å². The second-order valence-corrected chi connectivity index (χ2v) is 5.95. The molecule has 0 spiro atoms. The van der Waals surface area contributed by atoms with Crippen LogP contribution in [-0.2, 0) is 6.54 Å². The summed E-state index contributed by atoms with van der Waals surface area (Å²) in [5.74, 6) is 1.65. The van der Waals surface area contributed by atoms with E-state index >= 15 is 0 Å². The summed E-state index contributed by atoms with van der Waals surface area (Å²) < 4.78 is 15.8. The molecule has 0 fully saturated rings. The van der Waals surface area contributed by atoms with Crippen molar-refractivity contribution in [2.45, 2.75) is 6.54 Å². The molecule has 0 bridgehead atoms. The van der Waals surface area contributed by atoms with Crippen molar-refractivity contribution in [1.29, 1.82) is 0 Å². The van der Waals surface area contributed by atoms with Gasteiger partial charge in [-0.3, -0.25) is 4.79 Å². The van der Waals surface area contributed by atoms with E-state index in [1.807, 2.05) is 30.3 Å². The van der Waals surface area contributed by atoms with Gasteiger partial charge in [0.1, 0.15) is 18.0 Å². The molecule has 2 aromatic carbocycles. The Kier molecular flexibility index (Phi) is 6.06. The molecule has 1 heterocycles. The fourth-order valence-electron chi connectivity index (χ4n) is 2.68. The van der Waals surface area contributed by atoms with Crippen LogP contribution in [-0.4, -0.2) is 41.7 Å². The number of ether oxygens (including phenoxy) is 2. The molecule has 7 nitrogen and oxygen atoms in total. The number of rotatable bonds is 8. The van der Waals surface area contributed by atoms with E-state index in [0.29, 0.717) is 35.3 Å². The van der Waals surface area contributed by atoms with Gasteiger partial charge in [0.2, 0.25) is 11.7 Å². The maximum atomic E-state index is 13.0. The maximum absolute atomic E-state index is 13.0. The van der Waals surface area contributed by atoms with E-state index in [9.17, 15) is 4.79 Å². The van der Waals surface area contributed by atoms with E-state index in [1.54, 1.807) is 29.2 Å². The minimum Gasteiger partial charge on any atom is -0.497 e. The second kappa shape index (κ2) is 8.85. The van der Waals surface area contributed by atoms with Crippen LogP contribution in [0.3, 0.4) is 0 Å². The first-order valence-corrected chi connectivity index (χ1v) is 8.66. The van der Waals surface area contributed by atoms with Gasteiger partial charge in [0.05, 0.1) is 14.2 Å². The van der Waals surface area contributed by atoms with Gasteiger partial charge >= 0.3 is 0 Å². The molecule has 0 unspecified atom stereocenters. The Labute approximate surface area is 163 Å². The van der Waals surface area contributed by atoms with E-state index in [2.05, 4.69) is 16.7 Å². The topological polar surface area (TPSA) is 77.7 Å². The standard InChI is InChI=1S/C21H21N3O4/c1-4-10-24(21(25)16-11-17(26-2)13-18(12-16)27-3)14-19-22-20(23-28-19)15-8-6-5-7-9-15/h4-9,11-13H,1,10,14H2,2-3H3. The molecule has 0 atom stereocenters. The van der Waals surface area contributed by atoms with E-state index in [0.717, 1.165) is 5.56 Å². The van der Waals surface area contributed by atoms with Crippen LogP contribution >= 0.6 is 0 Å². The third-order valence-electron chi connectivity index (χ3n) is 4.06.